The molecule has 3 rings (SSSR count). The minimum atomic E-state index is -0.308. The second-order valence-electron chi connectivity index (χ2n) is 6.53. The maximum atomic E-state index is 11.4. The van der Waals surface area contributed by atoms with Crippen molar-refractivity contribution < 1.29 is 9.53 Å². The normalized spacial score (nSPS) is 15.5. The zero-order chi connectivity index (χ0) is 18.0. The second kappa shape index (κ2) is 6.69. The van der Waals surface area contributed by atoms with Crippen molar-refractivity contribution in [2.45, 2.75) is 25.9 Å². The Morgan fingerprint density at radius 1 is 1.44 bits per heavy atom. The molecule has 0 bridgehead atoms. The predicted molar refractivity (Wildman–Crippen MR) is 96.3 cm³/mol. The van der Waals surface area contributed by atoms with Crippen LogP contribution in [0.15, 0.2) is 24.3 Å². The number of carbonyl (C=O) groups is 1. The third kappa shape index (κ3) is 3.15. The summed E-state index contributed by atoms with van der Waals surface area (Å²) in [5.41, 5.74) is 2.07. The molecule has 0 aliphatic carbocycles. The Kier molecular flexibility index (Phi) is 4.60. The van der Waals surface area contributed by atoms with Gasteiger partial charge in [-0.1, -0.05) is 18.2 Å². The van der Waals surface area contributed by atoms with E-state index in [1.54, 1.807) is 18.9 Å². The summed E-state index contributed by atoms with van der Waals surface area (Å²) in [5, 5.41) is 13.8. The molecule has 25 heavy (non-hydrogen) atoms. The van der Waals surface area contributed by atoms with Gasteiger partial charge in [-0.25, -0.2) is 4.98 Å². The number of nitriles is 1. The van der Waals surface area contributed by atoms with Crippen molar-refractivity contribution in [3.8, 4) is 6.07 Å². The highest BCUT2D eigenvalue weighted by Gasteiger charge is 2.44. The molecule has 6 nitrogen and oxygen atoms in total. The van der Waals surface area contributed by atoms with Gasteiger partial charge in [0.15, 0.2) is 0 Å². The molecule has 1 aliphatic rings. The van der Waals surface area contributed by atoms with E-state index in [4.69, 9.17) is 4.74 Å². The number of hydrogen-bond donors (Lipinski definition) is 1. The van der Waals surface area contributed by atoms with E-state index in [-0.39, 0.29) is 11.5 Å². The number of carbonyl (C=O) groups excluding carboxylic acids is 1. The number of rotatable bonds is 5. The molecule has 1 aromatic heterocycles. The van der Waals surface area contributed by atoms with Gasteiger partial charge >= 0.3 is 0 Å². The summed E-state index contributed by atoms with van der Waals surface area (Å²) >= 11 is 0. The van der Waals surface area contributed by atoms with Crippen molar-refractivity contribution in [1.29, 1.82) is 5.26 Å². The van der Waals surface area contributed by atoms with Crippen LogP contribution in [0.2, 0.25) is 0 Å². The van der Waals surface area contributed by atoms with Crippen molar-refractivity contribution in [3.63, 3.8) is 0 Å². The molecule has 1 aliphatic heterocycles. The summed E-state index contributed by atoms with van der Waals surface area (Å²) in [4.78, 5) is 17.7. The molecular formula is C19H22N4O2. The molecule has 130 valence electrons. The number of para-hydroxylation sites is 1. The lowest BCUT2D eigenvalue weighted by atomic mass is 9.90. The Balaban J connectivity index is 1.73. The third-order valence-corrected chi connectivity index (χ3v) is 4.97. The molecule has 0 unspecified atom stereocenters. The quantitative estimate of drug-likeness (QED) is 0.906. The Morgan fingerprint density at radius 2 is 2.16 bits per heavy atom. The molecule has 1 fully saturated rings. The molecule has 1 aromatic carbocycles. The summed E-state index contributed by atoms with van der Waals surface area (Å²) < 4.78 is 5.62. The fourth-order valence-electron chi connectivity index (χ4n) is 3.31. The number of methoxy groups -OCH3 is 1. The van der Waals surface area contributed by atoms with Crippen molar-refractivity contribution in [2.24, 2.45) is 0 Å². The fraction of sp³-hybridized carbons (Fsp3) is 0.421. The molecule has 0 saturated carbocycles. The number of fused-ring (bicyclic) bond motifs is 1. The van der Waals surface area contributed by atoms with Gasteiger partial charge in [0.05, 0.1) is 24.2 Å². The molecule has 0 radical (unpaired) electrons. The van der Waals surface area contributed by atoms with E-state index in [0.717, 1.165) is 22.9 Å². The van der Waals surface area contributed by atoms with Crippen molar-refractivity contribution in [2.75, 3.05) is 32.1 Å². The first-order chi connectivity index (χ1) is 12.0. The van der Waals surface area contributed by atoms with Crippen LogP contribution < -0.4 is 5.32 Å². The van der Waals surface area contributed by atoms with Crippen molar-refractivity contribution in [1.82, 2.24) is 9.88 Å². The standard InChI is InChI=1S/C19H22N4O2/c1-13-15-6-4-5-7-17(15)22-18(16(13)10-20)21-9-8-19(25-3)11-23(12-19)14(2)24/h4-7H,8-9,11-12H2,1-3H3,(H,21,22). The van der Waals surface area contributed by atoms with Crippen LogP contribution >= 0.6 is 0 Å². The van der Waals surface area contributed by atoms with Gasteiger partial charge in [-0.15, -0.1) is 0 Å². The molecule has 1 N–H and O–H groups in total. The van der Waals surface area contributed by atoms with E-state index in [1.165, 1.54) is 0 Å². The summed E-state index contributed by atoms with van der Waals surface area (Å²) in [6, 6.07) is 10.1. The van der Waals surface area contributed by atoms with Crippen molar-refractivity contribution >= 4 is 22.6 Å². The molecule has 0 spiro atoms. The second-order valence-corrected chi connectivity index (χ2v) is 6.53. The molecular weight excluding hydrogens is 316 g/mol. The van der Waals surface area contributed by atoms with Gasteiger partial charge in [-0.2, -0.15) is 5.26 Å². The van der Waals surface area contributed by atoms with E-state index >= 15 is 0 Å². The van der Waals surface area contributed by atoms with E-state index in [9.17, 15) is 10.1 Å². The first-order valence-electron chi connectivity index (χ1n) is 8.33. The van der Waals surface area contributed by atoms with Crippen LogP contribution in [0.25, 0.3) is 10.9 Å². The number of likely N-dealkylation sites (tertiary alicyclic amines) is 1. The zero-order valence-corrected chi connectivity index (χ0v) is 14.8. The van der Waals surface area contributed by atoms with Gasteiger partial charge in [-0.3, -0.25) is 4.79 Å². The van der Waals surface area contributed by atoms with Gasteiger partial charge in [-0.05, 0) is 25.0 Å². The number of anilines is 1. The minimum Gasteiger partial charge on any atom is -0.374 e. The number of amides is 1. The molecule has 2 aromatic rings. The van der Waals surface area contributed by atoms with Crippen molar-refractivity contribution in [3.05, 3.63) is 35.4 Å². The molecule has 1 saturated heterocycles. The van der Waals surface area contributed by atoms with Crippen LogP contribution in [0.5, 0.6) is 0 Å². The van der Waals surface area contributed by atoms with Gasteiger partial charge in [0.2, 0.25) is 5.91 Å². The van der Waals surface area contributed by atoms with Crippen LogP contribution in [-0.2, 0) is 9.53 Å². The number of hydrogen-bond acceptors (Lipinski definition) is 5. The number of nitrogens with one attached hydrogen (secondary N) is 1. The van der Waals surface area contributed by atoms with Crippen LogP contribution in [0.3, 0.4) is 0 Å². The molecule has 6 heteroatoms. The van der Waals surface area contributed by atoms with E-state index in [0.29, 0.717) is 31.0 Å². The summed E-state index contributed by atoms with van der Waals surface area (Å²) in [7, 11) is 1.68. The SMILES string of the molecule is COC1(CCNc2nc3ccccc3c(C)c2C#N)CN(C(C)=O)C1. The highest BCUT2D eigenvalue weighted by molar-refractivity contribution is 5.86. The van der Waals surface area contributed by atoms with Crippen LogP contribution in [0.1, 0.15) is 24.5 Å². The lowest BCUT2D eigenvalue weighted by Gasteiger charge is -2.48. The smallest absolute Gasteiger partial charge is 0.219 e. The topological polar surface area (TPSA) is 78.2 Å². The van der Waals surface area contributed by atoms with Gasteiger partial charge < -0.3 is 15.0 Å². The molecule has 2 heterocycles. The summed E-state index contributed by atoms with van der Waals surface area (Å²) in [6.45, 7) is 5.35. The predicted octanol–water partition coefficient (Wildman–Crippen LogP) is 2.46. The summed E-state index contributed by atoms with van der Waals surface area (Å²) in [6.07, 6.45) is 0.742. The Bertz CT molecular complexity index is 850. The maximum absolute atomic E-state index is 11.4. The van der Waals surface area contributed by atoms with Gasteiger partial charge in [0.25, 0.3) is 0 Å². The van der Waals surface area contributed by atoms with Gasteiger partial charge in [0.1, 0.15) is 17.5 Å². The Hall–Kier alpha value is -2.65. The number of benzene rings is 1. The van der Waals surface area contributed by atoms with Gasteiger partial charge in [0, 0.05) is 26.0 Å². The fourth-order valence-corrected chi connectivity index (χ4v) is 3.31. The highest BCUT2D eigenvalue weighted by atomic mass is 16.5. The van der Waals surface area contributed by atoms with E-state index in [1.807, 2.05) is 31.2 Å². The number of ether oxygens (including phenoxy) is 1. The average molecular weight is 338 g/mol. The lowest BCUT2D eigenvalue weighted by Crippen LogP contribution is -2.64. The molecule has 0 atom stereocenters. The summed E-state index contributed by atoms with van der Waals surface area (Å²) in [5.74, 6) is 0.673. The number of aryl methyl sites for hydroxylation is 1. The monoisotopic (exact) mass is 338 g/mol. The Morgan fingerprint density at radius 3 is 2.80 bits per heavy atom. The minimum absolute atomic E-state index is 0.0687. The average Bonchev–Trinajstić information content (AvgIpc) is 2.57. The van der Waals surface area contributed by atoms with E-state index in [2.05, 4.69) is 16.4 Å². The number of aromatic nitrogens is 1. The van der Waals surface area contributed by atoms with Crippen LogP contribution in [-0.4, -0.2) is 48.1 Å². The first kappa shape index (κ1) is 17.2. The lowest BCUT2D eigenvalue weighted by molar-refractivity contribution is -0.160. The third-order valence-electron chi connectivity index (χ3n) is 4.97. The largest absolute Gasteiger partial charge is 0.374 e. The molecule has 1 amide bonds. The maximum Gasteiger partial charge on any atom is 0.219 e. The van der Waals surface area contributed by atoms with Crippen LogP contribution in [0.4, 0.5) is 5.82 Å². The highest BCUT2D eigenvalue weighted by Crippen LogP contribution is 2.29. The number of nitrogens with zero attached hydrogens (tertiary/aromatic N) is 3. The Labute approximate surface area is 147 Å². The van der Waals surface area contributed by atoms with E-state index < -0.39 is 0 Å². The van der Waals surface area contributed by atoms with Crippen LogP contribution in [0, 0.1) is 18.3 Å². The first-order valence-corrected chi connectivity index (χ1v) is 8.33. The number of pyridine rings is 1. The zero-order valence-electron chi connectivity index (χ0n) is 14.8.